The molecule has 0 saturated heterocycles. The summed E-state index contributed by atoms with van der Waals surface area (Å²) < 4.78 is 38.6. The molecule has 0 aromatic heterocycles. The van der Waals surface area contributed by atoms with Gasteiger partial charge in [0, 0.05) is 6.04 Å². The highest BCUT2D eigenvalue weighted by Crippen LogP contribution is 2.54. The van der Waals surface area contributed by atoms with Gasteiger partial charge in [0.15, 0.2) is 5.60 Å². The molecule has 0 aromatic rings. The second-order valence-corrected chi connectivity index (χ2v) is 4.88. The van der Waals surface area contributed by atoms with Gasteiger partial charge in [0.1, 0.15) is 0 Å². The molecule has 2 nitrogen and oxygen atoms in total. The van der Waals surface area contributed by atoms with Crippen LogP contribution in [0.1, 0.15) is 32.1 Å². The summed E-state index contributed by atoms with van der Waals surface area (Å²) in [5.74, 6) is -1.39. The zero-order valence-electron chi connectivity index (χ0n) is 8.43. The second kappa shape index (κ2) is 3.35. The van der Waals surface area contributed by atoms with E-state index in [1.807, 2.05) is 0 Å². The summed E-state index contributed by atoms with van der Waals surface area (Å²) in [5, 5.41) is 9.92. The molecule has 15 heavy (non-hydrogen) atoms. The van der Waals surface area contributed by atoms with Gasteiger partial charge < -0.3 is 10.8 Å². The van der Waals surface area contributed by atoms with E-state index in [9.17, 15) is 18.3 Å². The smallest absolute Gasteiger partial charge is 0.380 e. The van der Waals surface area contributed by atoms with E-state index in [1.165, 1.54) is 0 Å². The first-order valence-electron chi connectivity index (χ1n) is 5.40. The number of halogens is 3. The molecule has 0 radical (unpaired) electrons. The Morgan fingerprint density at radius 2 is 1.60 bits per heavy atom. The largest absolute Gasteiger partial charge is 0.417 e. The van der Waals surface area contributed by atoms with Gasteiger partial charge in [-0.15, -0.1) is 0 Å². The van der Waals surface area contributed by atoms with Crippen LogP contribution in [0.3, 0.4) is 0 Å². The normalized spacial score (nSPS) is 46.6. The molecule has 88 valence electrons. The minimum absolute atomic E-state index is 0.178. The van der Waals surface area contributed by atoms with Crippen LogP contribution in [-0.2, 0) is 0 Å². The number of hydrogen-bond donors (Lipinski definition) is 2. The Morgan fingerprint density at radius 1 is 1.13 bits per heavy atom. The molecule has 2 atom stereocenters. The van der Waals surface area contributed by atoms with Crippen LogP contribution >= 0.6 is 0 Å². The standard InChI is InChI=1S/C10H16F3NO/c11-10(12,13)9(15)6-2-1-3-7(9)5-8(14)4-6/h6-8,15H,1-5,14H2/t6-,7-,8?,9?/m1/s1. The molecule has 3 N–H and O–H groups in total. The third kappa shape index (κ3) is 1.56. The van der Waals surface area contributed by atoms with Crippen molar-refractivity contribution in [1.82, 2.24) is 0 Å². The Labute approximate surface area is 86.6 Å². The van der Waals surface area contributed by atoms with E-state index in [2.05, 4.69) is 0 Å². The molecule has 0 unspecified atom stereocenters. The molecular weight excluding hydrogens is 207 g/mol. The van der Waals surface area contributed by atoms with Gasteiger partial charge in [-0.2, -0.15) is 13.2 Å². The van der Waals surface area contributed by atoms with E-state index >= 15 is 0 Å². The number of hydrogen-bond acceptors (Lipinski definition) is 2. The molecule has 0 spiro atoms. The summed E-state index contributed by atoms with van der Waals surface area (Å²) in [6.07, 6.45) is -2.25. The van der Waals surface area contributed by atoms with Gasteiger partial charge in [0.05, 0.1) is 0 Å². The fourth-order valence-corrected chi connectivity index (χ4v) is 3.27. The topological polar surface area (TPSA) is 46.2 Å². The van der Waals surface area contributed by atoms with E-state index < -0.39 is 23.6 Å². The molecule has 2 fully saturated rings. The fourth-order valence-electron chi connectivity index (χ4n) is 3.27. The van der Waals surface area contributed by atoms with Gasteiger partial charge in [0.25, 0.3) is 0 Å². The molecular formula is C10H16F3NO. The second-order valence-electron chi connectivity index (χ2n) is 4.88. The van der Waals surface area contributed by atoms with E-state index in [0.717, 1.165) is 6.42 Å². The molecule has 2 aliphatic rings. The van der Waals surface area contributed by atoms with Gasteiger partial charge in [-0.25, -0.2) is 0 Å². The molecule has 2 saturated carbocycles. The highest BCUT2D eigenvalue weighted by Gasteiger charge is 2.65. The maximum absolute atomic E-state index is 12.9. The van der Waals surface area contributed by atoms with Gasteiger partial charge in [-0.3, -0.25) is 0 Å². The first kappa shape index (κ1) is 11.2. The van der Waals surface area contributed by atoms with Crippen molar-refractivity contribution in [1.29, 1.82) is 0 Å². The predicted octanol–water partition coefficient (Wildman–Crippen LogP) is 1.82. The van der Waals surface area contributed by atoms with Gasteiger partial charge in [-0.05, 0) is 37.5 Å². The molecule has 5 heteroatoms. The highest BCUT2D eigenvalue weighted by atomic mass is 19.4. The minimum Gasteiger partial charge on any atom is -0.380 e. The van der Waals surface area contributed by atoms with Gasteiger partial charge in [0.2, 0.25) is 0 Å². The number of rotatable bonds is 0. The molecule has 2 bridgehead atoms. The fraction of sp³-hybridized carbons (Fsp3) is 1.00. The Balaban J connectivity index is 2.31. The summed E-state index contributed by atoms with van der Waals surface area (Å²) in [7, 11) is 0. The molecule has 2 rings (SSSR count). The lowest BCUT2D eigenvalue weighted by molar-refractivity contribution is -0.316. The lowest BCUT2D eigenvalue weighted by atomic mass is 9.60. The van der Waals surface area contributed by atoms with E-state index in [-0.39, 0.29) is 6.04 Å². The monoisotopic (exact) mass is 223 g/mol. The van der Waals surface area contributed by atoms with Crippen LogP contribution in [0.15, 0.2) is 0 Å². The Hall–Kier alpha value is -0.290. The lowest BCUT2D eigenvalue weighted by Crippen LogP contribution is -2.63. The summed E-state index contributed by atoms with van der Waals surface area (Å²) in [5.41, 5.74) is 3.24. The molecule has 2 aliphatic carbocycles. The third-order valence-electron chi connectivity index (χ3n) is 3.98. The zero-order chi connectivity index (χ0) is 11.3. The Bertz CT molecular complexity index is 240. The number of nitrogens with two attached hydrogens (primary N) is 1. The van der Waals surface area contributed by atoms with E-state index in [0.29, 0.717) is 25.7 Å². The quantitative estimate of drug-likeness (QED) is 0.658. The summed E-state index contributed by atoms with van der Waals surface area (Å²) in [6.45, 7) is 0. The third-order valence-corrected chi connectivity index (χ3v) is 3.98. The van der Waals surface area contributed by atoms with Crippen LogP contribution in [0, 0.1) is 11.8 Å². The molecule has 0 heterocycles. The van der Waals surface area contributed by atoms with Crippen LogP contribution in [0.5, 0.6) is 0 Å². The summed E-state index contributed by atoms with van der Waals surface area (Å²) >= 11 is 0. The van der Waals surface area contributed by atoms with Gasteiger partial charge >= 0.3 is 6.18 Å². The Kier molecular flexibility index (Phi) is 2.50. The van der Waals surface area contributed by atoms with Crippen molar-refractivity contribution in [3.8, 4) is 0 Å². The van der Waals surface area contributed by atoms with Crippen molar-refractivity contribution >= 4 is 0 Å². The van der Waals surface area contributed by atoms with Crippen molar-refractivity contribution in [2.75, 3.05) is 0 Å². The maximum Gasteiger partial charge on any atom is 0.417 e. The van der Waals surface area contributed by atoms with Crippen molar-refractivity contribution in [3.05, 3.63) is 0 Å². The van der Waals surface area contributed by atoms with E-state index in [4.69, 9.17) is 5.73 Å². The molecule has 0 amide bonds. The van der Waals surface area contributed by atoms with Crippen molar-refractivity contribution in [2.24, 2.45) is 17.6 Å². The number of alkyl halides is 3. The summed E-state index contributed by atoms with van der Waals surface area (Å²) in [6, 6.07) is -0.178. The minimum atomic E-state index is -4.51. The number of aliphatic hydroxyl groups is 1. The van der Waals surface area contributed by atoms with Gasteiger partial charge in [-0.1, -0.05) is 6.42 Å². The van der Waals surface area contributed by atoms with Crippen molar-refractivity contribution in [3.63, 3.8) is 0 Å². The highest BCUT2D eigenvalue weighted by molar-refractivity contribution is 5.06. The van der Waals surface area contributed by atoms with Crippen LogP contribution < -0.4 is 5.73 Å². The zero-order valence-corrected chi connectivity index (χ0v) is 8.43. The first-order chi connectivity index (χ1) is 6.85. The first-order valence-corrected chi connectivity index (χ1v) is 5.40. The average molecular weight is 223 g/mol. The average Bonchev–Trinajstić information content (AvgIpc) is 2.05. The maximum atomic E-state index is 12.9. The predicted molar refractivity (Wildman–Crippen MR) is 49.0 cm³/mol. The van der Waals surface area contributed by atoms with Crippen LogP contribution in [0.4, 0.5) is 13.2 Å². The Morgan fingerprint density at radius 3 is 2.00 bits per heavy atom. The van der Waals surface area contributed by atoms with E-state index in [1.54, 1.807) is 0 Å². The lowest BCUT2D eigenvalue weighted by Gasteiger charge is -2.51. The van der Waals surface area contributed by atoms with Crippen LogP contribution in [0.2, 0.25) is 0 Å². The van der Waals surface area contributed by atoms with Crippen LogP contribution in [-0.4, -0.2) is 22.9 Å². The van der Waals surface area contributed by atoms with Crippen molar-refractivity contribution < 1.29 is 18.3 Å². The van der Waals surface area contributed by atoms with Crippen LogP contribution in [0.25, 0.3) is 0 Å². The molecule has 0 aliphatic heterocycles. The van der Waals surface area contributed by atoms with Crippen molar-refractivity contribution in [2.45, 2.75) is 49.9 Å². The summed E-state index contributed by atoms with van der Waals surface area (Å²) in [4.78, 5) is 0. The molecule has 0 aromatic carbocycles. The SMILES string of the molecule is NC1C[C@H]2CCC[C@H](C1)C2(O)C(F)(F)F. The number of fused-ring (bicyclic) bond motifs is 2.